The number of aliphatic hydroxyl groups excluding tert-OH is 4. The number of unbranched alkanes of at least 4 members (excludes halogenated alkanes) is 4. The van der Waals surface area contributed by atoms with Crippen molar-refractivity contribution in [2.24, 2.45) is 11.7 Å². The molecule has 36 nitrogen and oxygen atoms in total. The van der Waals surface area contributed by atoms with Gasteiger partial charge >= 0.3 is 18.1 Å². The number of anilines is 1. The van der Waals surface area contributed by atoms with Crippen molar-refractivity contribution in [3.05, 3.63) is 147 Å². The van der Waals surface area contributed by atoms with Gasteiger partial charge in [0, 0.05) is 54.9 Å². The molecule has 20 N–H and O–H groups in total. The fourth-order valence-electron chi connectivity index (χ4n) is 15.8. The molecule has 9 amide bonds. The van der Waals surface area contributed by atoms with E-state index in [1.54, 1.807) is 32.9 Å². The fraction of sp³-hybridized carbons (Fsp3) is 0.483. The van der Waals surface area contributed by atoms with E-state index in [4.69, 9.17) is 55.2 Å². The highest BCUT2D eigenvalue weighted by Gasteiger charge is 2.55. The van der Waals surface area contributed by atoms with Crippen LogP contribution in [0.25, 0.3) is 11.1 Å². The number of primary amides is 1. The van der Waals surface area contributed by atoms with Crippen molar-refractivity contribution in [3.63, 3.8) is 0 Å². The largest absolute Gasteiger partial charge is 0.507 e. The number of benzene rings is 6. The minimum Gasteiger partial charge on any atom is -0.507 e. The number of fused-ring (bicyclic) bond motifs is 14. The second kappa shape index (κ2) is 42.5. The van der Waals surface area contributed by atoms with Gasteiger partial charge in [-0.05, 0) is 167 Å². The van der Waals surface area contributed by atoms with E-state index < -0.39 is 188 Å². The number of phenols is 2. The molecule has 6 aliphatic rings. The van der Waals surface area contributed by atoms with Crippen LogP contribution in [-0.4, -0.2) is 209 Å². The average Bonchev–Trinajstić information content (AvgIpc) is 1.72. The molecule has 16 atom stereocenters. The molecule has 16 unspecified atom stereocenters. The molecule has 670 valence electrons. The second-order valence-corrected chi connectivity index (χ2v) is 32.6. The minimum absolute atomic E-state index is 0.0103. The Morgan fingerprint density at radius 1 is 0.766 bits per heavy atom. The van der Waals surface area contributed by atoms with Crippen molar-refractivity contribution in [2.75, 3.05) is 52.3 Å². The molecule has 6 heterocycles. The molecule has 37 heteroatoms. The lowest BCUT2D eigenvalue weighted by Crippen LogP contribution is -2.60. The van der Waals surface area contributed by atoms with Crippen LogP contribution in [0.5, 0.6) is 46.0 Å². The van der Waals surface area contributed by atoms with Gasteiger partial charge in [0.15, 0.2) is 29.9 Å². The van der Waals surface area contributed by atoms with Crippen molar-refractivity contribution in [1.82, 2.24) is 53.2 Å². The zero-order valence-corrected chi connectivity index (χ0v) is 70.9. The molecule has 0 spiro atoms. The Morgan fingerprint density at radius 2 is 1.49 bits per heavy atom. The smallest absolute Gasteiger partial charge is 0.408 e. The maximum Gasteiger partial charge on any atom is 0.408 e. The van der Waals surface area contributed by atoms with Crippen molar-refractivity contribution < 1.29 is 117 Å². The summed E-state index contributed by atoms with van der Waals surface area (Å²) in [5, 5.41) is 112. The van der Waals surface area contributed by atoms with Gasteiger partial charge in [-0.2, -0.15) is 0 Å². The zero-order valence-electron chi connectivity index (χ0n) is 70.1. The number of halogens is 1. The number of amides is 9. The molecule has 3 saturated heterocycles. The Bertz CT molecular complexity index is 4830. The number of aliphatic carboxylic acids is 1. The van der Waals surface area contributed by atoms with Gasteiger partial charge in [0.1, 0.15) is 65.1 Å². The maximum atomic E-state index is 15.7. The molecule has 12 rings (SSSR count). The monoisotopic (exact) mass is 1740 g/mol. The van der Waals surface area contributed by atoms with E-state index in [1.807, 2.05) is 38.1 Å². The van der Waals surface area contributed by atoms with Gasteiger partial charge in [0.05, 0.1) is 73.3 Å². The van der Waals surface area contributed by atoms with Gasteiger partial charge < -0.3 is 133 Å². The van der Waals surface area contributed by atoms with Crippen LogP contribution < -0.4 is 83.2 Å². The third-order valence-electron chi connectivity index (χ3n) is 22.3. The fourth-order valence-corrected chi connectivity index (χ4v) is 16.0. The molecule has 0 radical (unpaired) electrons. The molecule has 6 aliphatic heterocycles. The molecular weight excluding hydrogens is 1630 g/mol. The van der Waals surface area contributed by atoms with E-state index in [-0.39, 0.29) is 116 Å². The number of urea groups is 1. The lowest BCUT2D eigenvalue weighted by atomic mass is 9.86. The van der Waals surface area contributed by atoms with Gasteiger partial charge in [-0.3, -0.25) is 34.1 Å². The third kappa shape index (κ3) is 23.1. The lowest BCUT2D eigenvalue weighted by molar-refractivity contribution is -0.314. The summed E-state index contributed by atoms with van der Waals surface area (Å²) >= 11 is 6.92. The van der Waals surface area contributed by atoms with Crippen LogP contribution in [0.3, 0.4) is 0 Å². The van der Waals surface area contributed by atoms with E-state index in [0.717, 1.165) is 31.7 Å². The number of carbonyl (C=O) groups excluding carboxylic acids is 8. The summed E-state index contributed by atoms with van der Waals surface area (Å²) in [6.45, 7) is 8.88. The van der Waals surface area contributed by atoms with Gasteiger partial charge in [0.2, 0.25) is 47.5 Å². The molecule has 3 fully saturated rings. The van der Waals surface area contributed by atoms with Crippen molar-refractivity contribution in [1.29, 1.82) is 0 Å². The summed E-state index contributed by atoms with van der Waals surface area (Å²) in [7, 11) is 2.75. The average molecular weight is 1740 g/mol. The zero-order chi connectivity index (χ0) is 89.4. The van der Waals surface area contributed by atoms with Crippen molar-refractivity contribution >= 4 is 70.8 Å². The van der Waals surface area contributed by atoms with Gasteiger partial charge in [-0.1, -0.05) is 88.0 Å². The molecule has 6 aromatic carbocycles. The van der Waals surface area contributed by atoms with Crippen LogP contribution in [0.4, 0.5) is 15.3 Å². The number of hydrogen-bond donors (Lipinski definition) is 19. The molecule has 0 aliphatic carbocycles. The van der Waals surface area contributed by atoms with E-state index in [2.05, 4.69) is 65.4 Å². The standard InChI is InChI=1S/C87H111ClN12O24/c1-9-10-11-12-17-46-20-24-50(25-21-46)94-85(115)92-29-16-15-28-91-39-54-61(104)36-53-69(74(54)117-8)52-32-47(22-26-60(52)103)70(81(111)97-59(42-102)80(110)98-71(53)83(113)114)93-40-58-49-33-65(120-63-27-23-48(31-44(63)4)73(107)72(99-78(108)56(90-7)30-43(2)3)82(112)95-57(37-67(89)106)79(109)96-58)76(66(34-49)121-64-19-14-13-18-55(64)88)123-84-75(62(105)35-51(41-101)119-84)122-68-38-87(6)77(45(5)118-68)124-86(116)100-87/h13-14,18-27,31-34,36,43,45,51,56-59,62,68,70-73,75,77,84,90-91,93,101-105,107H,9-12,15-17,28-30,35,37-42H2,1-8H3,(H2,89,106)(H,95,112)(H,96,109)(H,97,111)(H,98,110)(H,99,108)(H,100,116)(H,113,114)(H2,92,94,115). The van der Waals surface area contributed by atoms with Crippen LogP contribution in [0, 0.1) is 12.8 Å². The maximum absolute atomic E-state index is 15.7. The van der Waals surface area contributed by atoms with Gasteiger partial charge in [0.25, 0.3) is 0 Å². The quantitative estimate of drug-likeness (QED) is 0.0206. The number of carbonyl (C=O) groups is 9. The number of carboxylic acid groups (broad SMARTS) is 1. The summed E-state index contributed by atoms with van der Waals surface area (Å²) in [6, 6.07) is 13.1. The third-order valence-corrected chi connectivity index (χ3v) is 22.6. The normalized spacial score (nSPS) is 24.7. The van der Waals surface area contributed by atoms with Crippen LogP contribution >= 0.6 is 11.6 Å². The highest BCUT2D eigenvalue weighted by atomic mass is 35.5. The van der Waals surface area contributed by atoms with Crippen molar-refractivity contribution in [2.45, 2.75) is 216 Å². The molecule has 6 aromatic rings. The first-order valence-electron chi connectivity index (χ1n) is 41.4. The molecule has 6 bridgehead atoms. The molecule has 124 heavy (non-hydrogen) atoms. The Labute approximate surface area is 721 Å². The topological polar surface area (TPSA) is 527 Å². The molecule has 0 saturated carbocycles. The van der Waals surface area contributed by atoms with Crippen LogP contribution in [0.2, 0.25) is 5.02 Å². The number of carboxylic acids is 1. The highest BCUT2D eigenvalue weighted by Crippen LogP contribution is 2.50. The Kier molecular flexibility index (Phi) is 32.0. The van der Waals surface area contributed by atoms with E-state index in [0.29, 0.717) is 31.6 Å². The number of alkyl carbamates (subject to hydrolysis) is 1. The van der Waals surface area contributed by atoms with Crippen molar-refractivity contribution in [3.8, 4) is 57.1 Å². The van der Waals surface area contributed by atoms with Crippen LogP contribution in [0.1, 0.15) is 162 Å². The first-order valence-corrected chi connectivity index (χ1v) is 41.8. The minimum atomic E-state index is -2.08. The number of aliphatic hydroxyl groups is 4. The number of phenolic OH excluding ortho intramolecular Hbond substituents is 2. The predicted molar refractivity (Wildman–Crippen MR) is 450 cm³/mol. The van der Waals surface area contributed by atoms with E-state index >= 15 is 14.4 Å². The van der Waals surface area contributed by atoms with E-state index in [9.17, 15) is 64.5 Å². The Hall–Kier alpha value is -11.2. The number of methoxy groups -OCH3 is 1. The molecular formula is C87H111ClN12O24. The van der Waals surface area contributed by atoms with Gasteiger partial charge in [-0.15, -0.1) is 0 Å². The first-order chi connectivity index (χ1) is 59.3. The number of ether oxygens (including phenoxy) is 8. The second-order valence-electron chi connectivity index (χ2n) is 32.2. The summed E-state index contributed by atoms with van der Waals surface area (Å²) in [4.78, 5) is 128. The number of hydrogen-bond acceptors (Lipinski definition) is 26. The van der Waals surface area contributed by atoms with Crippen LogP contribution in [0.15, 0.2) is 103 Å². The number of aryl methyl sites for hydroxylation is 2. The SMILES string of the molecule is CCCCCCc1ccc(NC(=O)NCCCCNCc2c(O)cc3c(c2OC)-c2cc(ccc2O)C(NCC2NC(=O)C(CC(N)=O)NC(=O)C(NC(=O)C(CC(C)C)NC)C(O)c4ccc(c(C)c4)Oc4cc2cc(Oc2ccccc2Cl)c4OC2OC(CO)CC(O)C2OC2CC4(C)NC(=O)OC4C(C)O2)C(=O)NC(CO)C(=O)NC3C(=O)O)cc1. The van der Waals surface area contributed by atoms with Crippen LogP contribution in [-0.2, 0) is 65.5 Å². The first kappa shape index (κ1) is 93.5. The number of nitrogens with one attached hydrogen (secondary N) is 11. The number of likely N-dealkylation sites (N-methyl/N-ethyl adjacent to an activating group) is 1. The van der Waals surface area contributed by atoms with E-state index in [1.165, 1.54) is 86.8 Å². The number of rotatable bonds is 33. The highest BCUT2D eigenvalue weighted by molar-refractivity contribution is 6.32. The lowest BCUT2D eigenvalue weighted by Gasteiger charge is -2.45. The number of aromatic hydroxyl groups is 2. The summed E-state index contributed by atoms with van der Waals surface area (Å²) in [6.07, 6.45) is -5.52. The summed E-state index contributed by atoms with van der Waals surface area (Å²) < 4.78 is 51.6. The van der Waals surface area contributed by atoms with Gasteiger partial charge in [-0.25, -0.2) is 14.4 Å². The molecule has 0 aromatic heterocycles. The summed E-state index contributed by atoms with van der Waals surface area (Å²) in [5.41, 5.74) is 6.17. The number of para-hydroxylation sites is 1. The predicted octanol–water partition coefficient (Wildman–Crippen LogP) is 6.12. The Balaban J connectivity index is 1.01. The summed E-state index contributed by atoms with van der Waals surface area (Å²) in [5.74, 6) is -10.5. The Morgan fingerprint density at radius 3 is 2.19 bits per heavy atom. The number of nitrogens with two attached hydrogens (primary N) is 1.